The first-order chi connectivity index (χ1) is 11.5. The van der Waals surface area contributed by atoms with E-state index >= 15 is 0 Å². The lowest BCUT2D eigenvalue weighted by Crippen LogP contribution is -2.64. The van der Waals surface area contributed by atoms with Crippen LogP contribution in [0.1, 0.15) is 40.5 Å². The van der Waals surface area contributed by atoms with Crippen molar-refractivity contribution in [3.8, 4) is 0 Å². The van der Waals surface area contributed by atoms with Crippen molar-refractivity contribution in [2.24, 2.45) is 5.92 Å². The lowest BCUT2D eigenvalue weighted by atomic mass is 9.87. The summed E-state index contributed by atoms with van der Waals surface area (Å²) in [5.41, 5.74) is 0. The molecular weight excluding hydrogens is 336 g/mol. The molecule has 0 radical (unpaired) electrons. The van der Waals surface area contributed by atoms with Gasteiger partial charge in [0.1, 0.15) is 18.3 Å². The molecule has 0 aromatic heterocycles. The van der Waals surface area contributed by atoms with Gasteiger partial charge in [0, 0.05) is 13.5 Å². The van der Waals surface area contributed by atoms with E-state index in [4.69, 9.17) is 18.6 Å². The van der Waals surface area contributed by atoms with Crippen LogP contribution in [0.25, 0.3) is 0 Å². The van der Waals surface area contributed by atoms with Crippen molar-refractivity contribution in [1.29, 1.82) is 0 Å². The normalized spacial score (nSPS) is 40.2. The second-order valence-corrected chi connectivity index (χ2v) is 13.7. The van der Waals surface area contributed by atoms with E-state index < -0.39 is 26.3 Å². The molecule has 6 atom stereocenters. The van der Waals surface area contributed by atoms with E-state index in [-0.39, 0.29) is 23.2 Å². The van der Waals surface area contributed by atoms with Crippen LogP contribution in [0.3, 0.4) is 0 Å². The Balaban J connectivity index is 2.34. The molecule has 2 saturated heterocycles. The molecule has 2 heterocycles. The van der Waals surface area contributed by atoms with Crippen molar-refractivity contribution in [3.63, 3.8) is 0 Å². The van der Waals surface area contributed by atoms with Gasteiger partial charge in [-0.25, -0.2) is 0 Å². The Morgan fingerprint density at radius 1 is 1.32 bits per heavy atom. The van der Waals surface area contributed by atoms with E-state index in [1.807, 2.05) is 0 Å². The average molecular weight is 373 g/mol. The van der Waals surface area contributed by atoms with Gasteiger partial charge in [0.2, 0.25) is 5.79 Å². The Morgan fingerprint density at radius 3 is 2.44 bits per heavy atom. The number of ether oxygens (including phenoxy) is 3. The number of aliphatic hydroxyl groups excluding tert-OH is 1. The van der Waals surface area contributed by atoms with Gasteiger partial charge in [-0.1, -0.05) is 33.8 Å². The van der Waals surface area contributed by atoms with Gasteiger partial charge in [-0.3, -0.25) is 0 Å². The molecule has 146 valence electrons. The van der Waals surface area contributed by atoms with Crippen LogP contribution in [-0.2, 0) is 18.6 Å². The summed E-state index contributed by atoms with van der Waals surface area (Å²) in [5.74, 6) is -0.710. The van der Waals surface area contributed by atoms with Crippen LogP contribution in [0, 0.1) is 5.92 Å². The topological polar surface area (TPSA) is 57.2 Å². The van der Waals surface area contributed by atoms with Gasteiger partial charge >= 0.3 is 0 Å². The zero-order chi connectivity index (χ0) is 19.0. The smallest absolute Gasteiger partial charge is 0.220 e. The summed E-state index contributed by atoms with van der Waals surface area (Å²) in [5, 5.41) is 10.4. The standard InChI is InChI=1S/C19H36O5Si/c1-9-15-14(20)12-16(23-15)19(21-6)17(13(2)10-11-22-19)24-25(7,8)18(3,4)5/h9,13-17,20H,1,10-12H2,2-8H3/t13-,14-,15-,16+,17-,19-/m1/s1. The molecule has 5 nitrogen and oxygen atoms in total. The van der Waals surface area contributed by atoms with E-state index in [9.17, 15) is 5.11 Å². The fourth-order valence-electron chi connectivity index (χ4n) is 3.47. The highest BCUT2D eigenvalue weighted by Crippen LogP contribution is 2.46. The molecule has 0 saturated carbocycles. The molecule has 6 heteroatoms. The summed E-state index contributed by atoms with van der Waals surface area (Å²) in [6.45, 7) is 17.7. The Labute approximate surface area is 153 Å². The second-order valence-electron chi connectivity index (χ2n) is 8.97. The zero-order valence-corrected chi connectivity index (χ0v) is 17.9. The predicted molar refractivity (Wildman–Crippen MR) is 101 cm³/mol. The van der Waals surface area contributed by atoms with Crippen LogP contribution in [0.2, 0.25) is 18.1 Å². The van der Waals surface area contributed by atoms with Gasteiger partial charge in [0.05, 0.1) is 12.7 Å². The molecule has 1 N–H and O–H groups in total. The van der Waals surface area contributed by atoms with Crippen molar-refractivity contribution in [2.75, 3.05) is 13.7 Å². The maximum atomic E-state index is 10.3. The van der Waals surface area contributed by atoms with Crippen molar-refractivity contribution in [3.05, 3.63) is 12.7 Å². The Morgan fingerprint density at radius 2 is 1.96 bits per heavy atom. The first-order valence-electron chi connectivity index (χ1n) is 9.31. The number of methoxy groups -OCH3 is 1. The maximum absolute atomic E-state index is 10.3. The summed E-state index contributed by atoms with van der Waals surface area (Å²) in [4.78, 5) is 0. The number of hydrogen-bond donors (Lipinski definition) is 1. The van der Waals surface area contributed by atoms with Crippen molar-refractivity contribution < 1.29 is 23.7 Å². The number of aliphatic hydroxyl groups is 1. The fraction of sp³-hybridized carbons (Fsp3) is 0.895. The first kappa shape index (κ1) is 21.1. The molecule has 2 rings (SSSR count). The average Bonchev–Trinajstić information content (AvgIpc) is 2.89. The summed E-state index contributed by atoms with van der Waals surface area (Å²) < 4.78 is 25.0. The van der Waals surface area contributed by atoms with E-state index in [2.05, 4.69) is 47.4 Å². The van der Waals surface area contributed by atoms with Crippen molar-refractivity contribution in [2.45, 2.75) is 88.9 Å². The summed E-state index contributed by atoms with van der Waals surface area (Å²) in [6, 6.07) is 0. The minimum atomic E-state index is -2.03. The van der Waals surface area contributed by atoms with Gasteiger partial charge in [0.25, 0.3) is 0 Å². The van der Waals surface area contributed by atoms with E-state index in [1.165, 1.54) is 0 Å². The molecule has 0 bridgehead atoms. The van der Waals surface area contributed by atoms with Gasteiger partial charge in [-0.2, -0.15) is 0 Å². The Kier molecular flexibility index (Phi) is 6.24. The van der Waals surface area contributed by atoms with E-state index in [0.717, 1.165) is 6.42 Å². The molecule has 0 spiro atoms. The Hall–Kier alpha value is -0.243. The molecule has 2 aliphatic heterocycles. The highest BCUT2D eigenvalue weighted by Gasteiger charge is 2.58. The minimum absolute atomic E-state index is 0.0867. The monoisotopic (exact) mass is 372 g/mol. The largest absolute Gasteiger partial charge is 0.408 e. The highest BCUT2D eigenvalue weighted by molar-refractivity contribution is 6.74. The summed E-state index contributed by atoms with van der Waals surface area (Å²) >= 11 is 0. The highest BCUT2D eigenvalue weighted by atomic mass is 28.4. The van der Waals surface area contributed by atoms with Crippen LogP contribution < -0.4 is 0 Å². The quantitative estimate of drug-likeness (QED) is 0.591. The zero-order valence-electron chi connectivity index (χ0n) is 16.9. The third-order valence-electron chi connectivity index (χ3n) is 6.20. The lowest BCUT2D eigenvalue weighted by Gasteiger charge is -2.52. The number of rotatable bonds is 5. The Bertz CT molecular complexity index is 475. The molecule has 0 amide bonds. The molecule has 25 heavy (non-hydrogen) atoms. The van der Waals surface area contributed by atoms with Crippen LogP contribution in [0.4, 0.5) is 0 Å². The molecule has 2 aliphatic rings. The van der Waals surface area contributed by atoms with E-state index in [1.54, 1.807) is 13.2 Å². The SMILES string of the molecule is C=C[C@H]1O[C@H]([C@@]2(OC)OCC[C@@H](C)[C@H]2O[Si](C)(C)C(C)(C)C)C[C@H]1O. The van der Waals surface area contributed by atoms with Gasteiger partial charge in [0.15, 0.2) is 8.32 Å². The van der Waals surface area contributed by atoms with Gasteiger partial charge < -0.3 is 23.7 Å². The predicted octanol–water partition coefficient (Wildman–Crippen LogP) is 3.48. The van der Waals surface area contributed by atoms with E-state index in [0.29, 0.717) is 13.0 Å². The van der Waals surface area contributed by atoms with Crippen molar-refractivity contribution >= 4 is 8.32 Å². The second kappa shape index (κ2) is 7.41. The van der Waals surface area contributed by atoms with Crippen LogP contribution in [-0.4, -0.2) is 57.3 Å². The third kappa shape index (κ3) is 3.89. The molecule has 2 fully saturated rings. The van der Waals surface area contributed by atoms with Crippen LogP contribution >= 0.6 is 0 Å². The molecule has 0 aromatic rings. The maximum Gasteiger partial charge on any atom is 0.220 e. The summed E-state index contributed by atoms with van der Waals surface area (Å²) in [6.07, 6.45) is 1.42. The van der Waals surface area contributed by atoms with Gasteiger partial charge in [-0.15, -0.1) is 6.58 Å². The number of hydrogen-bond acceptors (Lipinski definition) is 5. The van der Waals surface area contributed by atoms with Crippen molar-refractivity contribution in [1.82, 2.24) is 0 Å². The minimum Gasteiger partial charge on any atom is -0.408 e. The first-order valence-corrected chi connectivity index (χ1v) is 12.2. The molecule has 0 aliphatic carbocycles. The van der Waals surface area contributed by atoms with Crippen LogP contribution in [0.15, 0.2) is 12.7 Å². The molecule has 0 unspecified atom stereocenters. The molecule has 0 aromatic carbocycles. The molecular formula is C19H36O5Si. The van der Waals surface area contributed by atoms with Gasteiger partial charge in [-0.05, 0) is 30.5 Å². The summed E-state index contributed by atoms with van der Waals surface area (Å²) in [7, 11) is -0.381. The third-order valence-corrected chi connectivity index (χ3v) is 10.7. The fourth-order valence-corrected chi connectivity index (χ4v) is 4.86. The van der Waals surface area contributed by atoms with Crippen LogP contribution in [0.5, 0.6) is 0 Å². The lowest BCUT2D eigenvalue weighted by molar-refractivity contribution is -0.336.